The van der Waals surface area contributed by atoms with Crippen LogP contribution in [0, 0.1) is 12.3 Å². The standard InChI is InChI=1S/C16H22N4O/c1-11-18-12-5-8-17-14(12)15(19-11)20-9-3-7-16(10-20)6-2-4-13(16)21/h5,8,13,17,21H,2-4,6-7,9-10H2,1H3/t13-,16-/m1/s1. The number of H-pyrrole nitrogens is 1. The van der Waals surface area contributed by atoms with Crippen LogP contribution in [0.2, 0.25) is 0 Å². The summed E-state index contributed by atoms with van der Waals surface area (Å²) in [6, 6.07) is 2.00. The molecular formula is C16H22N4O. The zero-order valence-corrected chi connectivity index (χ0v) is 12.5. The number of nitrogens with one attached hydrogen (secondary N) is 1. The van der Waals surface area contributed by atoms with Crippen LogP contribution in [0.25, 0.3) is 11.0 Å². The summed E-state index contributed by atoms with van der Waals surface area (Å²) in [7, 11) is 0. The van der Waals surface area contributed by atoms with Gasteiger partial charge < -0.3 is 15.0 Å². The average molecular weight is 286 g/mol. The van der Waals surface area contributed by atoms with Crippen LogP contribution in [0.3, 0.4) is 0 Å². The van der Waals surface area contributed by atoms with Crippen LogP contribution in [0.1, 0.15) is 37.9 Å². The molecule has 1 aliphatic heterocycles. The summed E-state index contributed by atoms with van der Waals surface area (Å²) in [6.07, 6.45) is 7.28. The maximum absolute atomic E-state index is 10.4. The number of nitrogens with zero attached hydrogens (tertiary/aromatic N) is 3. The summed E-state index contributed by atoms with van der Waals surface area (Å²) in [5, 5.41) is 10.4. The maximum atomic E-state index is 10.4. The molecule has 1 saturated carbocycles. The number of aliphatic hydroxyl groups is 1. The first kappa shape index (κ1) is 13.1. The molecule has 3 heterocycles. The second-order valence-electron chi connectivity index (χ2n) is 6.63. The number of hydrogen-bond donors (Lipinski definition) is 2. The molecule has 0 unspecified atom stereocenters. The molecule has 1 saturated heterocycles. The van der Waals surface area contributed by atoms with Crippen molar-refractivity contribution in [2.45, 2.75) is 45.1 Å². The Morgan fingerprint density at radius 1 is 1.33 bits per heavy atom. The Labute approximate surface area is 124 Å². The third-order valence-corrected chi connectivity index (χ3v) is 5.27. The Hall–Kier alpha value is -1.62. The van der Waals surface area contributed by atoms with E-state index in [1.165, 1.54) is 0 Å². The molecule has 112 valence electrons. The fraction of sp³-hybridized carbons (Fsp3) is 0.625. The molecular weight excluding hydrogens is 264 g/mol. The van der Waals surface area contributed by atoms with Gasteiger partial charge >= 0.3 is 0 Å². The van der Waals surface area contributed by atoms with E-state index in [4.69, 9.17) is 0 Å². The van der Waals surface area contributed by atoms with Crippen LogP contribution in [0.5, 0.6) is 0 Å². The van der Waals surface area contributed by atoms with E-state index in [0.717, 1.165) is 67.9 Å². The lowest BCUT2D eigenvalue weighted by Gasteiger charge is -2.43. The number of aromatic amines is 1. The minimum atomic E-state index is -0.151. The molecule has 1 aliphatic carbocycles. The number of aliphatic hydroxyl groups excluding tert-OH is 1. The highest BCUT2D eigenvalue weighted by Gasteiger charge is 2.45. The van der Waals surface area contributed by atoms with Crippen molar-refractivity contribution in [2.24, 2.45) is 5.41 Å². The van der Waals surface area contributed by atoms with Gasteiger partial charge in [-0.2, -0.15) is 0 Å². The minimum absolute atomic E-state index is 0.0794. The molecule has 4 rings (SSSR count). The Kier molecular flexibility index (Phi) is 2.92. The van der Waals surface area contributed by atoms with Gasteiger partial charge in [0.25, 0.3) is 0 Å². The van der Waals surface area contributed by atoms with Gasteiger partial charge in [-0.3, -0.25) is 0 Å². The van der Waals surface area contributed by atoms with Crippen molar-refractivity contribution in [3.63, 3.8) is 0 Å². The first-order chi connectivity index (χ1) is 10.2. The van der Waals surface area contributed by atoms with E-state index in [0.29, 0.717) is 0 Å². The van der Waals surface area contributed by atoms with Gasteiger partial charge in [-0.15, -0.1) is 0 Å². The molecule has 0 aromatic carbocycles. The highest BCUT2D eigenvalue weighted by atomic mass is 16.3. The molecule has 21 heavy (non-hydrogen) atoms. The lowest BCUT2D eigenvalue weighted by molar-refractivity contribution is 0.0408. The van der Waals surface area contributed by atoms with Crippen molar-refractivity contribution >= 4 is 16.9 Å². The van der Waals surface area contributed by atoms with Crippen molar-refractivity contribution in [2.75, 3.05) is 18.0 Å². The van der Waals surface area contributed by atoms with Crippen LogP contribution in [-0.4, -0.2) is 39.3 Å². The van der Waals surface area contributed by atoms with Gasteiger partial charge in [0.1, 0.15) is 11.3 Å². The zero-order chi connectivity index (χ0) is 14.4. The lowest BCUT2D eigenvalue weighted by atomic mass is 9.76. The number of piperidine rings is 1. The molecule has 0 amide bonds. The number of aryl methyl sites for hydroxylation is 1. The predicted molar refractivity (Wildman–Crippen MR) is 82.4 cm³/mol. The first-order valence-electron chi connectivity index (χ1n) is 7.93. The fourth-order valence-electron chi connectivity index (χ4n) is 4.21. The summed E-state index contributed by atoms with van der Waals surface area (Å²) in [5.41, 5.74) is 2.07. The van der Waals surface area contributed by atoms with Gasteiger partial charge in [-0.05, 0) is 38.7 Å². The number of hydrogen-bond acceptors (Lipinski definition) is 4. The predicted octanol–water partition coefficient (Wildman–Crippen LogP) is 2.40. The average Bonchev–Trinajstić information content (AvgIpc) is 3.06. The SMILES string of the molecule is Cc1nc(N2CCC[C@]3(CCC[C@H]3O)C2)c2[nH]ccc2n1. The molecule has 5 heteroatoms. The number of aromatic nitrogens is 3. The van der Waals surface area contributed by atoms with Gasteiger partial charge in [0.2, 0.25) is 0 Å². The molecule has 2 fully saturated rings. The Morgan fingerprint density at radius 3 is 3.00 bits per heavy atom. The van der Waals surface area contributed by atoms with Crippen molar-refractivity contribution in [1.82, 2.24) is 15.0 Å². The molecule has 2 aliphatic rings. The highest BCUT2D eigenvalue weighted by molar-refractivity contribution is 5.86. The van der Waals surface area contributed by atoms with Crippen LogP contribution < -0.4 is 4.90 Å². The Balaban J connectivity index is 1.73. The maximum Gasteiger partial charge on any atom is 0.156 e. The lowest BCUT2D eigenvalue weighted by Crippen LogP contribution is -2.47. The zero-order valence-electron chi connectivity index (χ0n) is 12.5. The molecule has 2 aromatic rings. The summed E-state index contributed by atoms with van der Waals surface area (Å²) in [4.78, 5) is 14.8. The van der Waals surface area contributed by atoms with Gasteiger partial charge in [-0.1, -0.05) is 6.42 Å². The van der Waals surface area contributed by atoms with Gasteiger partial charge in [0.05, 0.1) is 11.6 Å². The van der Waals surface area contributed by atoms with Crippen LogP contribution in [0.15, 0.2) is 12.3 Å². The fourth-order valence-corrected chi connectivity index (χ4v) is 4.21. The molecule has 5 nitrogen and oxygen atoms in total. The molecule has 0 bridgehead atoms. The van der Waals surface area contributed by atoms with Gasteiger partial charge in [0, 0.05) is 24.7 Å². The van der Waals surface area contributed by atoms with Crippen molar-refractivity contribution in [3.05, 3.63) is 18.1 Å². The van der Waals surface area contributed by atoms with Crippen molar-refractivity contribution < 1.29 is 5.11 Å². The second kappa shape index (κ2) is 4.70. The first-order valence-corrected chi connectivity index (χ1v) is 7.93. The quantitative estimate of drug-likeness (QED) is 0.845. The Bertz CT molecular complexity index is 667. The summed E-state index contributed by atoms with van der Waals surface area (Å²) in [6.45, 7) is 3.87. The van der Waals surface area contributed by atoms with Gasteiger partial charge in [-0.25, -0.2) is 9.97 Å². The van der Waals surface area contributed by atoms with E-state index >= 15 is 0 Å². The summed E-state index contributed by atoms with van der Waals surface area (Å²) < 4.78 is 0. The van der Waals surface area contributed by atoms with E-state index in [1.807, 2.05) is 19.2 Å². The topological polar surface area (TPSA) is 65.0 Å². The van der Waals surface area contributed by atoms with E-state index in [2.05, 4.69) is 19.9 Å². The molecule has 0 radical (unpaired) electrons. The van der Waals surface area contributed by atoms with E-state index < -0.39 is 0 Å². The third-order valence-electron chi connectivity index (χ3n) is 5.27. The smallest absolute Gasteiger partial charge is 0.156 e. The summed E-state index contributed by atoms with van der Waals surface area (Å²) >= 11 is 0. The van der Waals surface area contributed by atoms with E-state index in [1.54, 1.807) is 0 Å². The van der Waals surface area contributed by atoms with Crippen LogP contribution in [-0.2, 0) is 0 Å². The molecule has 1 spiro atoms. The Morgan fingerprint density at radius 2 is 2.19 bits per heavy atom. The number of fused-ring (bicyclic) bond motifs is 1. The highest BCUT2D eigenvalue weighted by Crippen LogP contribution is 2.46. The van der Waals surface area contributed by atoms with Gasteiger partial charge in [0.15, 0.2) is 5.82 Å². The largest absolute Gasteiger partial charge is 0.392 e. The normalized spacial score (nSPS) is 29.6. The minimum Gasteiger partial charge on any atom is -0.392 e. The van der Waals surface area contributed by atoms with Crippen LogP contribution in [0.4, 0.5) is 5.82 Å². The molecule has 2 atom stereocenters. The van der Waals surface area contributed by atoms with E-state index in [-0.39, 0.29) is 11.5 Å². The number of rotatable bonds is 1. The monoisotopic (exact) mass is 286 g/mol. The van der Waals surface area contributed by atoms with Crippen molar-refractivity contribution in [1.29, 1.82) is 0 Å². The van der Waals surface area contributed by atoms with Crippen LogP contribution >= 0.6 is 0 Å². The molecule has 2 aromatic heterocycles. The number of anilines is 1. The van der Waals surface area contributed by atoms with Crippen molar-refractivity contribution in [3.8, 4) is 0 Å². The second-order valence-corrected chi connectivity index (χ2v) is 6.63. The van der Waals surface area contributed by atoms with E-state index in [9.17, 15) is 5.11 Å². The third kappa shape index (κ3) is 2.02. The summed E-state index contributed by atoms with van der Waals surface area (Å²) in [5.74, 6) is 1.81. The molecule has 2 N–H and O–H groups in total.